The number of anilines is 1. The Morgan fingerprint density at radius 1 is 1.22 bits per heavy atom. The van der Waals surface area contributed by atoms with E-state index < -0.39 is 17.4 Å². The summed E-state index contributed by atoms with van der Waals surface area (Å²) in [4.78, 5) is 15.9. The third kappa shape index (κ3) is 2.11. The minimum Gasteiger partial charge on any atom is -0.398 e. The number of aromatic nitrogens is 1. The topological polar surface area (TPSA) is 56.0 Å². The average molecular weight is 313 g/mol. The Morgan fingerprint density at radius 2 is 1.94 bits per heavy atom. The fourth-order valence-corrected chi connectivity index (χ4v) is 1.94. The van der Waals surface area contributed by atoms with Crippen LogP contribution < -0.4 is 5.73 Å². The van der Waals surface area contributed by atoms with Crippen molar-refractivity contribution < 1.29 is 13.6 Å². The van der Waals surface area contributed by atoms with Crippen LogP contribution in [0.25, 0.3) is 0 Å². The van der Waals surface area contributed by atoms with Gasteiger partial charge in [0.1, 0.15) is 0 Å². The van der Waals surface area contributed by atoms with Crippen LogP contribution in [0.4, 0.5) is 14.5 Å². The molecule has 1 heterocycles. The van der Waals surface area contributed by atoms with Crippen molar-refractivity contribution in [1.29, 1.82) is 0 Å². The Bertz CT molecular complexity index is 631. The van der Waals surface area contributed by atoms with Gasteiger partial charge < -0.3 is 5.73 Å². The van der Waals surface area contributed by atoms with Crippen LogP contribution >= 0.6 is 15.9 Å². The lowest BCUT2D eigenvalue weighted by Gasteiger charge is -2.07. The largest absolute Gasteiger partial charge is 0.398 e. The Kier molecular flexibility index (Phi) is 3.38. The molecule has 0 saturated carbocycles. The fraction of sp³-hybridized carbons (Fsp3) is 0. The summed E-state index contributed by atoms with van der Waals surface area (Å²) in [5.41, 5.74) is 6.00. The molecule has 92 valence electrons. The van der Waals surface area contributed by atoms with Crippen molar-refractivity contribution in [3.63, 3.8) is 0 Å². The first-order valence-corrected chi connectivity index (χ1v) is 5.69. The first-order valence-electron chi connectivity index (χ1n) is 4.90. The number of carbonyl (C=O) groups is 1. The zero-order valence-corrected chi connectivity index (χ0v) is 10.5. The molecule has 0 amide bonds. The van der Waals surface area contributed by atoms with E-state index in [1.807, 2.05) is 0 Å². The Labute approximate surface area is 110 Å². The lowest BCUT2D eigenvalue weighted by molar-refractivity contribution is 0.103. The van der Waals surface area contributed by atoms with Crippen LogP contribution in [-0.4, -0.2) is 10.8 Å². The van der Waals surface area contributed by atoms with Crippen LogP contribution in [0.2, 0.25) is 0 Å². The second-order valence-corrected chi connectivity index (χ2v) is 4.31. The molecule has 0 saturated heterocycles. The van der Waals surface area contributed by atoms with Crippen LogP contribution in [0.15, 0.2) is 35.1 Å². The highest BCUT2D eigenvalue weighted by Gasteiger charge is 2.19. The quantitative estimate of drug-likeness (QED) is 0.685. The highest BCUT2D eigenvalue weighted by Crippen LogP contribution is 2.26. The van der Waals surface area contributed by atoms with E-state index in [9.17, 15) is 13.6 Å². The van der Waals surface area contributed by atoms with Crippen molar-refractivity contribution in [3.8, 4) is 0 Å². The van der Waals surface area contributed by atoms with E-state index in [1.165, 1.54) is 24.5 Å². The summed E-state index contributed by atoms with van der Waals surface area (Å²) in [5, 5.41) is 0. The van der Waals surface area contributed by atoms with Gasteiger partial charge in [0.25, 0.3) is 0 Å². The van der Waals surface area contributed by atoms with Gasteiger partial charge in [-0.3, -0.25) is 9.78 Å². The number of pyridine rings is 1. The number of nitrogen functional groups attached to an aromatic ring is 1. The second-order valence-electron chi connectivity index (χ2n) is 3.51. The van der Waals surface area contributed by atoms with Gasteiger partial charge in [0.15, 0.2) is 17.4 Å². The summed E-state index contributed by atoms with van der Waals surface area (Å²) in [6, 6.07) is 3.54. The number of carbonyl (C=O) groups excluding carboxylic acids is 1. The monoisotopic (exact) mass is 312 g/mol. The third-order valence-corrected chi connectivity index (χ3v) is 3.15. The molecule has 0 bridgehead atoms. The molecule has 0 aliphatic carbocycles. The number of rotatable bonds is 2. The predicted octanol–water partition coefficient (Wildman–Crippen LogP) is 2.94. The normalized spacial score (nSPS) is 10.4. The third-order valence-electron chi connectivity index (χ3n) is 2.38. The first kappa shape index (κ1) is 12.6. The standard InChI is InChI=1S/C12H7BrF2N2O/c13-10-6(1-2-8(14)11(10)15)12(18)7-5-17-4-3-9(7)16/h1-5H,(H2,16,17). The molecule has 1 aromatic carbocycles. The number of nitrogens with two attached hydrogens (primary N) is 1. The summed E-state index contributed by atoms with van der Waals surface area (Å²) in [7, 11) is 0. The summed E-state index contributed by atoms with van der Waals surface area (Å²) in [5.74, 6) is -2.66. The molecule has 2 N–H and O–H groups in total. The van der Waals surface area contributed by atoms with Crippen molar-refractivity contribution in [2.45, 2.75) is 0 Å². The molecule has 0 fully saturated rings. The highest BCUT2D eigenvalue weighted by atomic mass is 79.9. The Balaban J connectivity index is 2.54. The van der Waals surface area contributed by atoms with Crippen LogP contribution in [0.5, 0.6) is 0 Å². The SMILES string of the molecule is Nc1ccncc1C(=O)c1ccc(F)c(F)c1Br. The van der Waals surface area contributed by atoms with E-state index in [0.29, 0.717) is 0 Å². The molecule has 18 heavy (non-hydrogen) atoms. The smallest absolute Gasteiger partial charge is 0.197 e. The van der Waals surface area contributed by atoms with Gasteiger partial charge in [0, 0.05) is 23.6 Å². The van der Waals surface area contributed by atoms with Crippen LogP contribution in [0, 0.1) is 11.6 Å². The van der Waals surface area contributed by atoms with Gasteiger partial charge in [0.05, 0.1) is 10.0 Å². The number of hydrogen-bond acceptors (Lipinski definition) is 3. The molecule has 0 unspecified atom stereocenters. The van der Waals surface area contributed by atoms with Crippen molar-refractivity contribution in [2.75, 3.05) is 5.73 Å². The van der Waals surface area contributed by atoms with Gasteiger partial charge in [-0.2, -0.15) is 0 Å². The van der Waals surface area contributed by atoms with E-state index in [2.05, 4.69) is 20.9 Å². The predicted molar refractivity (Wildman–Crippen MR) is 66.1 cm³/mol. The summed E-state index contributed by atoms with van der Waals surface area (Å²) in [6.45, 7) is 0. The zero-order valence-electron chi connectivity index (χ0n) is 8.95. The highest BCUT2D eigenvalue weighted by molar-refractivity contribution is 9.10. The van der Waals surface area contributed by atoms with Crippen LogP contribution in [-0.2, 0) is 0 Å². The first-order chi connectivity index (χ1) is 8.52. The lowest BCUT2D eigenvalue weighted by Crippen LogP contribution is -2.08. The van der Waals surface area contributed by atoms with E-state index in [-0.39, 0.29) is 21.3 Å². The Hall–Kier alpha value is -1.82. The van der Waals surface area contributed by atoms with Crippen LogP contribution in [0.1, 0.15) is 15.9 Å². The molecular weight excluding hydrogens is 306 g/mol. The summed E-state index contributed by atoms with van der Waals surface area (Å²) < 4.78 is 26.1. The lowest BCUT2D eigenvalue weighted by atomic mass is 10.0. The molecular formula is C12H7BrF2N2O. The maximum absolute atomic E-state index is 13.3. The van der Waals surface area contributed by atoms with Gasteiger partial charge in [-0.05, 0) is 34.1 Å². The molecule has 0 spiro atoms. The molecule has 0 atom stereocenters. The molecule has 3 nitrogen and oxygen atoms in total. The van der Waals surface area contributed by atoms with Crippen LogP contribution in [0.3, 0.4) is 0 Å². The Morgan fingerprint density at radius 3 is 2.61 bits per heavy atom. The van der Waals surface area contributed by atoms with E-state index >= 15 is 0 Å². The average Bonchev–Trinajstić information content (AvgIpc) is 2.36. The second kappa shape index (κ2) is 4.81. The fourth-order valence-electron chi connectivity index (χ4n) is 1.44. The number of hydrogen-bond donors (Lipinski definition) is 1. The molecule has 2 rings (SSSR count). The maximum atomic E-state index is 13.3. The zero-order chi connectivity index (χ0) is 13.3. The van der Waals surface area contributed by atoms with Crippen molar-refractivity contribution in [3.05, 3.63) is 57.8 Å². The molecule has 0 radical (unpaired) electrons. The molecule has 0 aliphatic rings. The number of nitrogens with zero attached hydrogens (tertiary/aromatic N) is 1. The van der Waals surface area contributed by atoms with Crippen molar-refractivity contribution >= 4 is 27.4 Å². The van der Waals surface area contributed by atoms with Gasteiger partial charge in [-0.25, -0.2) is 8.78 Å². The summed E-state index contributed by atoms with van der Waals surface area (Å²) >= 11 is 2.86. The number of ketones is 1. The van der Waals surface area contributed by atoms with E-state index in [0.717, 1.165) is 6.07 Å². The van der Waals surface area contributed by atoms with Gasteiger partial charge in [0.2, 0.25) is 0 Å². The summed E-state index contributed by atoms with van der Waals surface area (Å²) in [6.07, 6.45) is 2.72. The number of benzene rings is 1. The van der Waals surface area contributed by atoms with Gasteiger partial charge in [-0.1, -0.05) is 0 Å². The van der Waals surface area contributed by atoms with Crippen molar-refractivity contribution in [1.82, 2.24) is 4.98 Å². The van der Waals surface area contributed by atoms with E-state index in [4.69, 9.17) is 5.73 Å². The molecule has 1 aromatic heterocycles. The van der Waals surface area contributed by atoms with E-state index in [1.54, 1.807) is 0 Å². The van der Waals surface area contributed by atoms with Gasteiger partial charge in [-0.15, -0.1) is 0 Å². The van der Waals surface area contributed by atoms with Crippen molar-refractivity contribution in [2.24, 2.45) is 0 Å². The minimum atomic E-state index is -1.11. The molecule has 2 aromatic rings. The maximum Gasteiger partial charge on any atom is 0.197 e. The minimum absolute atomic E-state index is 0.00593. The molecule has 6 heteroatoms. The van der Waals surface area contributed by atoms with Gasteiger partial charge >= 0.3 is 0 Å². The molecule has 0 aliphatic heterocycles. The number of halogens is 3.